The highest BCUT2D eigenvalue weighted by molar-refractivity contribution is 5.94. The molecule has 0 spiro atoms. The molecule has 0 bridgehead atoms. The van der Waals surface area contributed by atoms with Gasteiger partial charge in [-0.3, -0.25) is 4.79 Å². The van der Waals surface area contributed by atoms with E-state index in [1.165, 1.54) is 24.8 Å². The molecule has 1 aromatic heterocycles. The molecule has 4 rings (SSSR count). The summed E-state index contributed by atoms with van der Waals surface area (Å²) in [6.07, 6.45) is 3.02. The molecule has 3 aromatic rings. The van der Waals surface area contributed by atoms with Crippen LogP contribution in [0.5, 0.6) is 5.75 Å². The SMILES string of the molecule is COc1ccc(C(=O)NC2CCc3nnc(Cc4ccccc4)n3CC2)cc1F. The molecule has 0 aliphatic carbocycles. The van der Waals surface area contributed by atoms with Crippen LogP contribution in [0.4, 0.5) is 4.39 Å². The Morgan fingerprint density at radius 2 is 2.03 bits per heavy atom. The van der Waals surface area contributed by atoms with Crippen molar-refractivity contribution in [3.8, 4) is 5.75 Å². The highest BCUT2D eigenvalue weighted by Gasteiger charge is 2.22. The van der Waals surface area contributed by atoms with E-state index in [4.69, 9.17) is 4.74 Å². The van der Waals surface area contributed by atoms with Crippen LogP contribution in [-0.2, 0) is 19.4 Å². The predicted octanol–water partition coefficient (Wildman–Crippen LogP) is 3.15. The molecule has 1 aliphatic rings. The van der Waals surface area contributed by atoms with Crippen molar-refractivity contribution >= 4 is 5.91 Å². The number of rotatable bonds is 5. The molecule has 1 atom stereocenters. The summed E-state index contributed by atoms with van der Waals surface area (Å²) in [6.45, 7) is 0.742. The molecule has 150 valence electrons. The van der Waals surface area contributed by atoms with Crippen molar-refractivity contribution in [1.82, 2.24) is 20.1 Å². The van der Waals surface area contributed by atoms with Crippen molar-refractivity contribution in [1.29, 1.82) is 0 Å². The number of hydrogen-bond donors (Lipinski definition) is 1. The van der Waals surface area contributed by atoms with E-state index in [2.05, 4.69) is 32.2 Å². The van der Waals surface area contributed by atoms with E-state index in [1.54, 1.807) is 6.07 Å². The van der Waals surface area contributed by atoms with Gasteiger partial charge in [-0.1, -0.05) is 30.3 Å². The Hall–Kier alpha value is -3.22. The van der Waals surface area contributed by atoms with E-state index < -0.39 is 5.82 Å². The van der Waals surface area contributed by atoms with Gasteiger partial charge in [0.1, 0.15) is 11.6 Å². The minimum Gasteiger partial charge on any atom is -0.494 e. The van der Waals surface area contributed by atoms with Crippen LogP contribution < -0.4 is 10.1 Å². The zero-order valence-electron chi connectivity index (χ0n) is 16.3. The van der Waals surface area contributed by atoms with Crippen LogP contribution >= 0.6 is 0 Å². The summed E-state index contributed by atoms with van der Waals surface area (Å²) in [5.74, 6) is 1.19. The first kappa shape index (κ1) is 19.1. The Bertz CT molecular complexity index is 1000. The van der Waals surface area contributed by atoms with Gasteiger partial charge in [-0.15, -0.1) is 10.2 Å². The quantitative estimate of drug-likeness (QED) is 0.722. The van der Waals surface area contributed by atoms with Crippen molar-refractivity contribution in [3.63, 3.8) is 0 Å². The molecule has 6 nitrogen and oxygen atoms in total. The largest absolute Gasteiger partial charge is 0.494 e. The van der Waals surface area contributed by atoms with Crippen molar-refractivity contribution < 1.29 is 13.9 Å². The fraction of sp³-hybridized carbons (Fsp3) is 0.318. The summed E-state index contributed by atoms with van der Waals surface area (Å²) in [5.41, 5.74) is 1.48. The first-order valence-electron chi connectivity index (χ1n) is 9.73. The Labute approximate surface area is 168 Å². The van der Waals surface area contributed by atoms with Crippen molar-refractivity contribution in [2.24, 2.45) is 0 Å². The maximum Gasteiger partial charge on any atom is 0.251 e. The van der Waals surface area contributed by atoms with E-state index in [9.17, 15) is 9.18 Å². The van der Waals surface area contributed by atoms with Crippen LogP contribution in [0.2, 0.25) is 0 Å². The number of hydrogen-bond acceptors (Lipinski definition) is 4. The van der Waals surface area contributed by atoms with Crippen molar-refractivity contribution in [3.05, 3.63) is 77.1 Å². The Balaban J connectivity index is 1.41. The Morgan fingerprint density at radius 3 is 2.79 bits per heavy atom. The van der Waals surface area contributed by atoms with Gasteiger partial charge in [0.15, 0.2) is 11.6 Å². The van der Waals surface area contributed by atoms with Crippen LogP contribution in [0.1, 0.15) is 40.4 Å². The molecule has 0 radical (unpaired) electrons. The second-order valence-corrected chi connectivity index (χ2v) is 7.19. The first-order valence-corrected chi connectivity index (χ1v) is 9.73. The van der Waals surface area contributed by atoms with Gasteiger partial charge in [0.2, 0.25) is 0 Å². The lowest BCUT2D eigenvalue weighted by molar-refractivity contribution is 0.0932. The molecule has 2 heterocycles. The summed E-state index contributed by atoms with van der Waals surface area (Å²) in [6, 6.07) is 14.4. The molecule has 1 aliphatic heterocycles. The second kappa shape index (κ2) is 8.43. The molecule has 1 unspecified atom stereocenters. The summed E-state index contributed by atoms with van der Waals surface area (Å²) < 4.78 is 21.0. The number of aryl methyl sites for hydroxylation is 1. The number of aromatic nitrogens is 3. The van der Waals surface area contributed by atoms with E-state index in [0.29, 0.717) is 0 Å². The van der Waals surface area contributed by atoms with Crippen LogP contribution in [-0.4, -0.2) is 33.8 Å². The average molecular weight is 394 g/mol. The number of carbonyl (C=O) groups is 1. The van der Waals surface area contributed by atoms with E-state index >= 15 is 0 Å². The maximum absolute atomic E-state index is 13.9. The van der Waals surface area contributed by atoms with Gasteiger partial charge in [-0.25, -0.2) is 4.39 Å². The number of amides is 1. The van der Waals surface area contributed by atoms with Gasteiger partial charge in [-0.2, -0.15) is 0 Å². The standard InChI is InChI=1S/C22H23FN4O2/c1-29-19-9-7-16(14-18(19)23)22(28)24-17-8-10-20-25-26-21(27(20)12-11-17)13-15-5-3-2-4-6-15/h2-7,9,14,17H,8,10-13H2,1H3,(H,24,28). The topological polar surface area (TPSA) is 69.0 Å². The number of methoxy groups -OCH3 is 1. The predicted molar refractivity (Wildman–Crippen MR) is 106 cm³/mol. The zero-order chi connectivity index (χ0) is 20.2. The average Bonchev–Trinajstić information content (AvgIpc) is 3.00. The second-order valence-electron chi connectivity index (χ2n) is 7.19. The van der Waals surface area contributed by atoms with Crippen LogP contribution in [0.3, 0.4) is 0 Å². The van der Waals surface area contributed by atoms with E-state index in [0.717, 1.165) is 43.9 Å². The highest BCUT2D eigenvalue weighted by Crippen LogP contribution is 2.20. The minimum atomic E-state index is -0.544. The summed E-state index contributed by atoms with van der Waals surface area (Å²) in [5, 5.41) is 11.7. The smallest absolute Gasteiger partial charge is 0.251 e. The molecule has 2 aromatic carbocycles. The molecular formula is C22H23FN4O2. The van der Waals surface area contributed by atoms with Crippen molar-refractivity contribution in [2.45, 2.75) is 38.3 Å². The number of nitrogens with zero attached hydrogens (tertiary/aromatic N) is 3. The molecule has 1 N–H and O–H groups in total. The molecular weight excluding hydrogens is 371 g/mol. The lowest BCUT2D eigenvalue weighted by Gasteiger charge is -2.16. The van der Waals surface area contributed by atoms with Crippen molar-refractivity contribution in [2.75, 3.05) is 7.11 Å². The Morgan fingerprint density at radius 1 is 1.21 bits per heavy atom. The highest BCUT2D eigenvalue weighted by atomic mass is 19.1. The third-order valence-corrected chi connectivity index (χ3v) is 5.28. The van der Waals surface area contributed by atoms with Crippen LogP contribution in [0.15, 0.2) is 48.5 Å². The van der Waals surface area contributed by atoms with Gasteiger partial charge in [-0.05, 0) is 36.6 Å². The normalized spacial score (nSPS) is 16.0. The van der Waals surface area contributed by atoms with E-state index in [1.807, 2.05) is 18.2 Å². The fourth-order valence-corrected chi connectivity index (χ4v) is 3.68. The summed E-state index contributed by atoms with van der Waals surface area (Å²) in [7, 11) is 1.40. The molecule has 0 saturated carbocycles. The number of ether oxygens (including phenoxy) is 1. The monoisotopic (exact) mass is 394 g/mol. The molecule has 29 heavy (non-hydrogen) atoms. The molecule has 0 saturated heterocycles. The molecule has 0 fully saturated rings. The third-order valence-electron chi connectivity index (χ3n) is 5.28. The van der Waals surface area contributed by atoms with Crippen LogP contribution in [0, 0.1) is 5.82 Å². The van der Waals surface area contributed by atoms with Gasteiger partial charge in [0.25, 0.3) is 5.91 Å². The van der Waals surface area contributed by atoms with Gasteiger partial charge < -0.3 is 14.6 Å². The number of carbonyl (C=O) groups excluding carboxylic acids is 1. The fourth-order valence-electron chi connectivity index (χ4n) is 3.68. The van der Waals surface area contributed by atoms with Gasteiger partial charge in [0, 0.05) is 31.0 Å². The number of benzene rings is 2. The first-order chi connectivity index (χ1) is 14.1. The molecule has 7 heteroatoms. The van der Waals surface area contributed by atoms with Gasteiger partial charge in [0.05, 0.1) is 7.11 Å². The molecule has 1 amide bonds. The zero-order valence-corrected chi connectivity index (χ0v) is 16.3. The lowest BCUT2D eigenvalue weighted by Crippen LogP contribution is -2.35. The number of halogens is 1. The van der Waals surface area contributed by atoms with Gasteiger partial charge >= 0.3 is 0 Å². The number of nitrogens with one attached hydrogen (secondary N) is 1. The van der Waals surface area contributed by atoms with E-state index in [-0.39, 0.29) is 23.3 Å². The Kier molecular flexibility index (Phi) is 5.55. The van der Waals surface area contributed by atoms with Crippen LogP contribution in [0.25, 0.3) is 0 Å². The number of fused-ring (bicyclic) bond motifs is 1. The third kappa shape index (κ3) is 4.29. The summed E-state index contributed by atoms with van der Waals surface area (Å²) in [4.78, 5) is 12.5. The maximum atomic E-state index is 13.9. The minimum absolute atomic E-state index is 0.000983. The lowest BCUT2D eigenvalue weighted by atomic mass is 10.1. The summed E-state index contributed by atoms with van der Waals surface area (Å²) >= 11 is 0.